The number of hydrogen-bond acceptors (Lipinski definition) is 2. The van der Waals surface area contributed by atoms with E-state index >= 15 is 0 Å². The van der Waals surface area contributed by atoms with Crippen LogP contribution in [0.15, 0.2) is 29.2 Å². The van der Waals surface area contributed by atoms with Gasteiger partial charge < -0.3 is 0 Å². The number of rotatable bonds is 0. The Morgan fingerprint density at radius 1 is 1.50 bits per heavy atom. The summed E-state index contributed by atoms with van der Waals surface area (Å²) in [6, 6.07) is 8.39. The van der Waals surface area contributed by atoms with E-state index in [1.54, 1.807) is 6.08 Å². The topological polar surface area (TPSA) is 23.8 Å². The van der Waals surface area contributed by atoms with Crippen molar-refractivity contribution in [2.75, 3.05) is 5.75 Å². The van der Waals surface area contributed by atoms with E-state index in [2.05, 4.69) is 46.9 Å². The molecule has 0 N–H and O–H groups in total. The maximum atomic E-state index is 8.68. The van der Waals surface area contributed by atoms with Gasteiger partial charge in [0.15, 0.2) is 0 Å². The Balaban J connectivity index is 2.57. The van der Waals surface area contributed by atoms with E-state index in [0.717, 1.165) is 12.2 Å². The molecule has 0 atom stereocenters. The second kappa shape index (κ2) is 4.37. The minimum absolute atomic E-state index is 1.01. The zero-order valence-electron chi connectivity index (χ0n) is 7.46. The summed E-state index contributed by atoms with van der Waals surface area (Å²) in [5.74, 6) is 1.08. The van der Waals surface area contributed by atoms with E-state index in [0.29, 0.717) is 0 Å². The van der Waals surface area contributed by atoms with Crippen LogP contribution in [0.5, 0.6) is 0 Å². The number of thioether (sulfide) groups is 1. The Labute approximate surface area is 101 Å². The lowest BCUT2D eigenvalue weighted by Gasteiger charge is -2.18. The smallest absolute Gasteiger partial charge is 0.0915 e. The molecule has 0 aromatic heterocycles. The van der Waals surface area contributed by atoms with Gasteiger partial charge in [0.25, 0.3) is 0 Å². The summed E-state index contributed by atoms with van der Waals surface area (Å²) in [4.78, 5) is 1.33. The van der Waals surface area contributed by atoms with Crippen LogP contribution in [-0.4, -0.2) is 5.75 Å². The first-order chi connectivity index (χ1) is 6.83. The predicted octanol–water partition coefficient (Wildman–Crippen LogP) is 3.69. The zero-order chi connectivity index (χ0) is 9.97. The van der Waals surface area contributed by atoms with E-state index in [1.807, 2.05) is 11.8 Å². The SMILES string of the molecule is N#C/C=C1\CCSc2c(I)cccc21. The first kappa shape index (κ1) is 10.1. The monoisotopic (exact) mass is 313 g/mol. The van der Waals surface area contributed by atoms with E-state index in [-0.39, 0.29) is 0 Å². The van der Waals surface area contributed by atoms with Crippen molar-refractivity contribution in [3.05, 3.63) is 33.4 Å². The highest BCUT2D eigenvalue weighted by Gasteiger charge is 2.16. The van der Waals surface area contributed by atoms with E-state index in [1.165, 1.54) is 19.6 Å². The fraction of sp³-hybridized carbons (Fsp3) is 0.182. The minimum atomic E-state index is 1.01. The number of hydrogen-bond donors (Lipinski definition) is 0. The molecule has 1 aromatic carbocycles. The van der Waals surface area contributed by atoms with Gasteiger partial charge in [-0.1, -0.05) is 12.1 Å². The average Bonchev–Trinajstić information content (AvgIpc) is 2.20. The van der Waals surface area contributed by atoms with Gasteiger partial charge in [-0.25, -0.2) is 0 Å². The van der Waals surface area contributed by atoms with Crippen molar-refractivity contribution in [1.82, 2.24) is 0 Å². The van der Waals surface area contributed by atoms with Crippen molar-refractivity contribution in [1.29, 1.82) is 5.26 Å². The van der Waals surface area contributed by atoms with Crippen LogP contribution in [0.4, 0.5) is 0 Å². The highest BCUT2D eigenvalue weighted by molar-refractivity contribution is 14.1. The lowest BCUT2D eigenvalue weighted by Crippen LogP contribution is -1.99. The number of fused-ring (bicyclic) bond motifs is 1. The van der Waals surface area contributed by atoms with Crippen LogP contribution in [0, 0.1) is 14.9 Å². The van der Waals surface area contributed by atoms with E-state index < -0.39 is 0 Å². The molecule has 0 saturated carbocycles. The lowest BCUT2D eigenvalue weighted by molar-refractivity contribution is 1.18. The third-order valence-electron chi connectivity index (χ3n) is 2.17. The largest absolute Gasteiger partial charge is 0.193 e. The van der Waals surface area contributed by atoms with Crippen molar-refractivity contribution < 1.29 is 0 Å². The third kappa shape index (κ3) is 1.82. The highest BCUT2D eigenvalue weighted by Crippen LogP contribution is 2.39. The van der Waals surface area contributed by atoms with Gasteiger partial charge in [-0.05, 0) is 46.2 Å². The fourth-order valence-electron chi connectivity index (χ4n) is 1.53. The molecule has 2 rings (SSSR count). The molecule has 1 heterocycles. The van der Waals surface area contributed by atoms with Crippen LogP contribution in [0.1, 0.15) is 12.0 Å². The average molecular weight is 313 g/mol. The standard InChI is InChI=1S/C11H8INS/c12-10-3-1-2-9-8(4-6-13)5-7-14-11(9)10/h1-4H,5,7H2/b8-4+. The Morgan fingerprint density at radius 2 is 2.36 bits per heavy atom. The van der Waals surface area contributed by atoms with Crippen LogP contribution in [-0.2, 0) is 0 Å². The molecule has 14 heavy (non-hydrogen) atoms. The molecule has 1 nitrogen and oxygen atoms in total. The van der Waals surface area contributed by atoms with Gasteiger partial charge in [-0.15, -0.1) is 11.8 Å². The molecule has 0 unspecified atom stereocenters. The Bertz CT molecular complexity index is 431. The van der Waals surface area contributed by atoms with Crippen molar-refractivity contribution >= 4 is 39.9 Å². The molecule has 70 valence electrons. The number of allylic oxidation sites excluding steroid dienone is 2. The summed E-state index contributed by atoms with van der Waals surface area (Å²) in [5, 5.41) is 8.68. The fourth-order valence-corrected chi connectivity index (χ4v) is 3.59. The van der Waals surface area contributed by atoms with Crippen molar-refractivity contribution in [2.24, 2.45) is 0 Å². The van der Waals surface area contributed by atoms with Gasteiger partial charge in [-0.2, -0.15) is 5.26 Å². The molecular formula is C11H8INS. The second-order valence-corrected chi connectivity index (χ2v) is 5.28. The molecule has 0 bridgehead atoms. The molecule has 1 aliphatic heterocycles. The predicted molar refractivity (Wildman–Crippen MR) is 68.1 cm³/mol. The van der Waals surface area contributed by atoms with E-state index in [9.17, 15) is 0 Å². The number of benzene rings is 1. The molecule has 0 spiro atoms. The molecule has 1 aromatic rings. The molecule has 3 heteroatoms. The molecule has 0 saturated heterocycles. The van der Waals surface area contributed by atoms with Gasteiger partial charge in [-0.3, -0.25) is 0 Å². The highest BCUT2D eigenvalue weighted by atomic mass is 127. The molecule has 0 amide bonds. The van der Waals surface area contributed by atoms with Crippen LogP contribution in [0.2, 0.25) is 0 Å². The number of nitriles is 1. The van der Waals surface area contributed by atoms with Crippen molar-refractivity contribution in [2.45, 2.75) is 11.3 Å². The molecule has 1 aliphatic rings. The summed E-state index contributed by atoms with van der Waals surface area (Å²) in [6.45, 7) is 0. The summed E-state index contributed by atoms with van der Waals surface area (Å²) in [6.07, 6.45) is 2.68. The summed E-state index contributed by atoms with van der Waals surface area (Å²) < 4.78 is 1.29. The Hall–Kier alpha value is -0.470. The van der Waals surface area contributed by atoms with Gasteiger partial charge >= 0.3 is 0 Å². The van der Waals surface area contributed by atoms with Crippen LogP contribution in [0.3, 0.4) is 0 Å². The van der Waals surface area contributed by atoms with Crippen molar-refractivity contribution in [3.63, 3.8) is 0 Å². The lowest BCUT2D eigenvalue weighted by atomic mass is 10.0. The Kier molecular flexibility index (Phi) is 3.14. The minimum Gasteiger partial charge on any atom is -0.193 e. The summed E-state index contributed by atoms with van der Waals surface area (Å²) in [5.41, 5.74) is 2.43. The normalized spacial score (nSPS) is 17.6. The first-order valence-electron chi connectivity index (χ1n) is 4.33. The van der Waals surface area contributed by atoms with E-state index in [4.69, 9.17) is 5.26 Å². The second-order valence-electron chi connectivity index (χ2n) is 3.01. The number of nitrogens with zero attached hydrogens (tertiary/aromatic N) is 1. The van der Waals surface area contributed by atoms with Gasteiger partial charge in [0.1, 0.15) is 0 Å². The summed E-state index contributed by atoms with van der Waals surface area (Å²) >= 11 is 4.24. The van der Waals surface area contributed by atoms with Gasteiger partial charge in [0, 0.05) is 20.3 Å². The zero-order valence-corrected chi connectivity index (χ0v) is 10.4. The van der Waals surface area contributed by atoms with Gasteiger partial charge in [0.05, 0.1) is 6.07 Å². The molecule has 0 radical (unpaired) electrons. The first-order valence-corrected chi connectivity index (χ1v) is 6.39. The Morgan fingerprint density at radius 3 is 3.14 bits per heavy atom. The van der Waals surface area contributed by atoms with Gasteiger partial charge in [0.2, 0.25) is 0 Å². The molecular weight excluding hydrogens is 305 g/mol. The summed E-state index contributed by atoms with van der Waals surface area (Å²) in [7, 11) is 0. The van der Waals surface area contributed by atoms with Crippen LogP contribution < -0.4 is 0 Å². The van der Waals surface area contributed by atoms with Crippen molar-refractivity contribution in [3.8, 4) is 6.07 Å². The molecule has 0 fully saturated rings. The quantitative estimate of drug-likeness (QED) is 0.539. The molecule has 0 aliphatic carbocycles. The van der Waals surface area contributed by atoms with Crippen LogP contribution in [0.25, 0.3) is 5.57 Å². The van der Waals surface area contributed by atoms with Crippen LogP contribution >= 0.6 is 34.4 Å². The maximum absolute atomic E-state index is 8.68. The number of halogens is 1. The third-order valence-corrected chi connectivity index (χ3v) is 4.57. The maximum Gasteiger partial charge on any atom is 0.0915 e.